The molecule has 0 bridgehead atoms. The van der Waals surface area contributed by atoms with Crippen molar-refractivity contribution in [2.45, 2.75) is 20.4 Å². The molecule has 0 aliphatic rings. The molecule has 0 aliphatic heterocycles. The molecule has 4 heteroatoms. The van der Waals surface area contributed by atoms with E-state index in [1.807, 2.05) is 26.0 Å². The van der Waals surface area contributed by atoms with E-state index in [2.05, 4.69) is 27.3 Å². The predicted molar refractivity (Wildman–Crippen MR) is 82.1 cm³/mol. The molecule has 0 unspecified atom stereocenters. The van der Waals surface area contributed by atoms with Crippen LogP contribution in [0.3, 0.4) is 0 Å². The van der Waals surface area contributed by atoms with E-state index in [4.69, 9.17) is 5.26 Å². The standard InChI is InChI=1S/C16H14BrFN2/c1-10-6-11(2)16(14(17)7-10)20-9-13-5-3-4-12(8-19)15(13)18/h3-7,20H,9H2,1-2H3. The van der Waals surface area contributed by atoms with Crippen molar-refractivity contribution in [1.29, 1.82) is 5.26 Å². The van der Waals surface area contributed by atoms with Gasteiger partial charge in [0, 0.05) is 16.6 Å². The van der Waals surface area contributed by atoms with Crippen molar-refractivity contribution in [3.05, 3.63) is 62.9 Å². The van der Waals surface area contributed by atoms with Gasteiger partial charge < -0.3 is 5.32 Å². The number of rotatable bonds is 3. The number of aryl methyl sites for hydroxylation is 2. The minimum atomic E-state index is -0.455. The highest BCUT2D eigenvalue weighted by molar-refractivity contribution is 9.10. The van der Waals surface area contributed by atoms with Crippen LogP contribution in [0, 0.1) is 31.0 Å². The highest BCUT2D eigenvalue weighted by Gasteiger charge is 2.09. The van der Waals surface area contributed by atoms with Gasteiger partial charge in [0.05, 0.1) is 11.3 Å². The van der Waals surface area contributed by atoms with E-state index in [-0.39, 0.29) is 5.56 Å². The van der Waals surface area contributed by atoms with E-state index >= 15 is 0 Å². The monoisotopic (exact) mass is 332 g/mol. The first kappa shape index (κ1) is 14.5. The molecular formula is C16H14BrFN2. The normalized spacial score (nSPS) is 10.2. The number of halogens is 2. The largest absolute Gasteiger partial charge is 0.380 e. The molecule has 20 heavy (non-hydrogen) atoms. The van der Waals surface area contributed by atoms with E-state index in [0.717, 1.165) is 21.3 Å². The minimum Gasteiger partial charge on any atom is -0.380 e. The Morgan fingerprint density at radius 1 is 1.30 bits per heavy atom. The first-order valence-electron chi connectivity index (χ1n) is 6.21. The number of nitrogens with zero attached hydrogens (tertiary/aromatic N) is 1. The third-order valence-electron chi connectivity index (χ3n) is 3.09. The molecule has 2 rings (SSSR count). The first-order chi connectivity index (χ1) is 9.52. The molecule has 2 aromatic rings. The third-order valence-corrected chi connectivity index (χ3v) is 3.71. The molecule has 0 radical (unpaired) electrons. The lowest BCUT2D eigenvalue weighted by molar-refractivity contribution is 0.609. The van der Waals surface area contributed by atoms with E-state index in [1.54, 1.807) is 12.1 Å². The van der Waals surface area contributed by atoms with Crippen molar-refractivity contribution in [3.63, 3.8) is 0 Å². The first-order valence-corrected chi connectivity index (χ1v) is 7.00. The summed E-state index contributed by atoms with van der Waals surface area (Å²) in [4.78, 5) is 0. The van der Waals surface area contributed by atoms with Crippen LogP contribution in [0.15, 0.2) is 34.8 Å². The van der Waals surface area contributed by atoms with Gasteiger partial charge in [-0.05, 0) is 53.0 Å². The predicted octanol–water partition coefficient (Wildman–Crippen LogP) is 4.69. The quantitative estimate of drug-likeness (QED) is 0.885. The van der Waals surface area contributed by atoms with Crippen LogP contribution in [-0.4, -0.2) is 0 Å². The highest BCUT2D eigenvalue weighted by Crippen LogP contribution is 2.28. The number of hydrogen-bond acceptors (Lipinski definition) is 2. The van der Waals surface area contributed by atoms with E-state index in [0.29, 0.717) is 12.1 Å². The molecule has 0 atom stereocenters. The van der Waals surface area contributed by atoms with Crippen LogP contribution in [0.2, 0.25) is 0 Å². The molecule has 0 aliphatic carbocycles. The van der Waals surface area contributed by atoms with Crippen LogP contribution in [0.1, 0.15) is 22.3 Å². The summed E-state index contributed by atoms with van der Waals surface area (Å²) in [5.74, 6) is -0.455. The van der Waals surface area contributed by atoms with Gasteiger partial charge in [0.2, 0.25) is 0 Å². The van der Waals surface area contributed by atoms with Crippen LogP contribution in [-0.2, 0) is 6.54 Å². The Hall–Kier alpha value is -1.86. The van der Waals surface area contributed by atoms with E-state index in [9.17, 15) is 4.39 Å². The van der Waals surface area contributed by atoms with Gasteiger partial charge in [-0.1, -0.05) is 18.2 Å². The molecule has 0 saturated heterocycles. The van der Waals surface area contributed by atoms with Gasteiger partial charge in [-0.3, -0.25) is 0 Å². The second-order valence-electron chi connectivity index (χ2n) is 4.68. The fourth-order valence-corrected chi connectivity index (χ4v) is 2.94. The Morgan fingerprint density at radius 2 is 2.05 bits per heavy atom. The average molecular weight is 333 g/mol. The molecule has 0 heterocycles. The molecule has 1 N–H and O–H groups in total. The fraction of sp³-hybridized carbons (Fsp3) is 0.188. The summed E-state index contributed by atoms with van der Waals surface area (Å²) < 4.78 is 14.9. The van der Waals surface area contributed by atoms with Gasteiger partial charge in [0.1, 0.15) is 11.9 Å². The number of anilines is 1. The molecule has 0 aromatic heterocycles. The zero-order valence-electron chi connectivity index (χ0n) is 11.3. The zero-order valence-corrected chi connectivity index (χ0v) is 12.9. The summed E-state index contributed by atoms with van der Waals surface area (Å²) in [6, 6.07) is 10.8. The lowest BCUT2D eigenvalue weighted by atomic mass is 10.1. The zero-order chi connectivity index (χ0) is 14.7. The van der Waals surface area contributed by atoms with Gasteiger partial charge in [0.15, 0.2) is 0 Å². The Balaban J connectivity index is 2.24. The second kappa shape index (κ2) is 6.06. The van der Waals surface area contributed by atoms with Gasteiger partial charge in [-0.2, -0.15) is 5.26 Å². The lowest BCUT2D eigenvalue weighted by Crippen LogP contribution is -2.05. The SMILES string of the molecule is Cc1cc(C)c(NCc2cccc(C#N)c2F)c(Br)c1. The van der Waals surface area contributed by atoms with E-state index in [1.165, 1.54) is 6.07 Å². The number of hydrogen-bond donors (Lipinski definition) is 1. The summed E-state index contributed by atoms with van der Waals surface area (Å²) in [6.45, 7) is 4.36. The molecule has 0 spiro atoms. The summed E-state index contributed by atoms with van der Waals surface area (Å²) >= 11 is 3.51. The van der Waals surface area contributed by atoms with Crippen molar-refractivity contribution in [2.75, 3.05) is 5.32 Å². The lowest BCUT2D eigenvalue weighted by Gasteiger charge is -2.13. The topological polar surface area (TPSA) is 35.8 Å². The molecule has 2 nitrogen and oxygen atoms in total. The summed E-state index contributed by atoms with van der Waals surface area (Å²) in [7, 11) is 0. The van der Waals surface area contributed by atoms with Crippen LogP contribution in [0.5, 0.6) is 0 Å². The highest BCUT2D eigenvalue weighted by atomic mass is 79.9. The molecule has 2 aromatic carbocycles. The Morgan fingerprint density at radius 3 is 2.70 bits per heavy atom. The van der Waals surface area contributed by atoms with Gasteiger partial charge in [-0.25, -0.2) is 4.39 Å². The summed E-state index contributed by atoms with van der Waals surface area (Å²) in [5, 5.41) is 12.0. The van der Waals surface area contributed by atoms with Crippen molar-refractivity contribution in [3.8, 4) is 6.07 Å². The summed E-state index contributed by atoms with van der Waals surface area (Å²) in [5.41, 5.74) is 3.75. The second-order valence-corrected chi connectivity index (χ2v) is 5.54. The Labute approximate surface area is 126 Å². The van der Waals surface area contributed by atoms with Gasteiger partial charge >= 0.3 is 0 Å². The fourth-order valence-electron chi connectivity index (χ4n) is 2.13. The van der Waals surface area contributed by atoms with Gasteiger partial charge in [-0.15, -0.1) is 0 Å². The maximum absolute atomic E-state index is 14.0. The maximum atomic E-state index is 14.0. The van der Waals surface area contributed by atoms with Crippen molar-refractivity contribution < 1.29 is 4.39 Å². The molecule has 0 amide bonds. The molecular weight excluding hydrogens is 319 g/mol. The smallest absolute Gasteiger partial charge is 0.145 e. The van der Waals surface area contributed by atoms with Crippen LogP contribution in [0.4, 0.5) is 10.1 Å². The number of benzene rings is 2. The molecule has 0 fully saturated rings. The Bertz CT molecular complexity index is 666. The van der Waals surface area contributed by atoms with Crippen molar-refractivity contribution in [2.24, 2.45) is 0 Å². The van der Waals surface area contributed by atoms with Gasteiger partial charge in [0.25, 0.3) is 0 Å². The van der Waals surface area contributed by atoms with E-state index < -0.39 is 5.82 Å². The summed E-state index contributed by atoms with van der Waals surface area (Å²) in [6.07, 6.45) is 0. The number of nitrogens with one attached hydrogen (secondary N) is 1. The van der Waals surface area contributed by atoms with Crippen LogP contribution < -0.4 is 5.32 Å². The van der Waals surface area contributed by atoms with Crippen molar-refractivity contribution >= 4 is 21.6 Å². The van der Waals surface area contributed by atoms with Crippen LogP contribution >= 0.6 is 15.9 Å². The molecule has 102 valence electrons. The number of nitriles is 1. The minimum absolute atomic E-state index is 0.0731. The third kappa shape index (κ3) is 3.00. The van der Waals surface area contributed by atoms with Crippen LogP contribution in [0.25, 0.3) is 0 Å². The van der Waals surface area contributed by atoms with Crippen molar-refractivity contribution in [1.82, 2.24) is 0 Å². The maximum Gasteiger partial charge on any atom is 0.145 e. The molecule has 0 saturated carbocycles. The Kier molecular flexibility index (Phi) is 4.41. The average Bonchev–Trinajstić information content (AvgIpc) is 2.39.